The van der Waals surface area contributed by atoms with Crippen LogP contribution in [-0.4, -0.2) is 33.6 Å². The van der Waals surface area contributed by atoms with Gasteiger partial charge in [0.25, 0.3) is 5.56 Å². The fourth-order valence-electron chi connectivity index (χ4n) is 4.77. The minimum absolute atomic E-state index is 0.160. The van der Waals surface area contributed by atoms with Crippen LogP contribution in [0, 0.1) is 18.8 Å². The third-order valence-electron chi connectivity index (χ3n) is 6.90. The summed E-state index contributed by atoms with van der Waals surface area (Å²) in [6.07, 6.45) is 7.90. The molecule has 2 heterocycles. The predicted molar refractivity (Wildman–Crippen MR) is 140 cm³/mol. The second kappa shape index (κ2) is 9.77. The van der Waals surface area contributed by atoms with E-state index in [1.807, 2.05) is 18.9 Å². The van der Waals surface area contributed by atoms with E-state index in [1.54, 1.807) is 13.1 Å². The molecule has 2 aliphatic carbocycles. The third kappa shape index (κ3) is 5.22. The second-order valence-corrected chi connectivity index (χ2v) is 10.8. The molecule has 0 spiro atoms. The SMILES string of the molecule is CC1=c2ccccc2=CC=C(C2CC2COc2cc(N(C)Cc3nnc(C)s3)c(=O)n(C)n2)CC1. The summed E-state index contributed by atoms with van der Waals surface area (Å²) in [6, 6.07) is 10.4. The molecule has 0 N–H and O–H groups in total. The lowest BCUT2D eigenvalue weighted by Gasteiger charge is -2.18. The molecule has 7 nitrogen and oxygen atoms in total. The van der Waals surface area contributed by atoms with E-state index in [2.05, 4.69) is 58.6 Å². The van der Waals surface area contributed by atoms with Crippen LogP contribution in [0.5, 0.6) is 5.88 Å². The first kappa shape index (κ1) is 23.5. The number of aryl methyl sites for hydroxylation is 2. The molecule has 0 saturated heterocycles. The van der Waals surface area contributed by atoms with Crippen molar-refractivity contribution in [1.82, 2.24) is 20.0 Å². The summed E-state index contributed by atoms with van der Waals surface area (Å²) in [5.41, 5.74) is 3.34. The summed E-state index contributed by atoms with van der Waals surface area (Å²) < 4.78 is 7.45. The van der Waals surface area contributed by atoms with Gasteiger partial charge in [-0.15, -0.1) is 15.3 Å². The number of hydrogen-bond donors (Lipinski definition) is 0. The number of rotatable bonds is 7. The van der Waals surface area contributed by atoms with E-state index >= 15 is 0 Å². The third-order valence-corrected chi connectivity index (χ3v) is 7.73. The zero-order valence-corrected chi connectivity index (χ0v) is 21.5. The Kier molecular flexibility index (Phi) is 6.56. The maximum Gasteiger partial charge on any atom is 0.290 e. The standard InChI is InChI=1S/C27H31N5O2S/c1-17-9-10-20(12-11-19-7-5-6-8-22(17)19)23-13-21(23)16-34-25-14-24(27(33)32(4)30-25)31(3)15-26-29-28-18(2)35-26/h5-8,11-12,14,21,23H,9-10,13,15-16H2,1-4H3. The largest absolute Gasteiger partial charge is 0.476 e. The lowest BCUT2D eigenvalue weighted by Crippen LogP contribution is -2.29. The Balaban J connectivity index is 1.25. The van der Waals surface area contributed by atoms with Crippen molar-refractivity contribution in [3.05, 3.63) is 72.8 Å². The van der Waals surface area contributed by atoms with Gasteiger partial charge in [-0.1, -0.05) is 58.9 Å². The molecule has 1 saturated carbocycles. The normalized spacial score (nSPS) is 19.2. The van der Waals surface area contributed by atoms with E-state index in [0.29, 0.717) is 36.6 Å². The van der Waals surface area contributed by atoms with Crippen molar-refractivity contribution in [2.24, 2.45) is 18.9 Å². The van der Waals surface area contributed by atoms with Crippen molar-refractivity contribution in [1.29, 1.82) is 0 Å². The van der Waals surface area contributed by atoms with Gasteiger partial charge in [-0.25, -0.2) is 4.68 Å². The van der Waals surface area contributed by atoms with E-state index in [1.165, 1.54) is 37.6 Å². The van der Waals surface area contributed by atoms with E-state index in [9.17, 15) is 4.79 Å². The van der Waals surface area contributed by atoms with Crippen molar-refractivity contribution >= 4 is 28.7 Å². The highest BCUT2D eigenvalue weighted by Crippen LogP contribution is 2.46. The summed E-state index contributed by atoms with van der Waals surface area (Å²) in [7, 11) is 3.54. The molecule has 0 aliphatic heterocycles. The summed E-state index contributed by atoms with van der Waals surface area (Å²) >= 11 is 1.53. The van der Waals surface area contributed by atoms with Gasteiger partial charge in [0, 0.05) is 26.1 Å². The van der Waals surface area contributed by atoms with E-state index in [4.69, 9.17) is 4.74 Å². The molecular formula is C27H31N5O2S. The highest BCUT2D eigenvalue weighted by atomic mass is 32.1. The van der Waals surface area contributed by atoms with Gasteiger partial charge in [-0.2, -0.15) is 0 Å². The fraction of sp³-hybridized carbons (Fsp3) is 0.407. The van der Waals surface area contributed by atoms with Gasteiger partial charge in [0.15, 0.2) is 0 Å². The molecule has 2 aliphatic rings. The molecule has 3 aromatic rings. The van der Waals surface area contributed by atoms with Crippen LogP contribution >= 0.6 is 11.3 Å². The molecule has 8 heteroatoms. The van der Waals surface area contributed by atoms with E-state index in [-0.39, 0.29) is 5.56 Å². The molecule has 2 aromatic heterocycles. The number of ether oxygens (including phenoxy) is 1. The Morgan fingerprint density at radius 2 is 2.00 bits per heavy atom. The van der Waals surface area contributed by atoms with Crippen LogP contribution in [0.1, 0.15) is 36.2 Å². The lowest BCUT2D eigenvalue weighted by molar-refractivity contribution is 0.275. The average molecular weight is 490 g/mol. The predicted octanol–water partition coefficient (Wildman–Crippen LogP) is 2.96. The smallest absolute Gasteiger partial charge is 0.290 e. The quantitative estimate of drug-likeness (QED) is 0.508. The topological polar surface area (TPSA) is 73.1 Å². The molecule has 2 unspecified atom stereocenters. The molecule has 1 aromatic carbocycles. The van der Waals surface area contributed by atoms with Gasteiger partial charge in [0.1, 0.15) is 15.7 Å². The lowest BCUT2D eigenvalue weighted by atomic mass is 9.96. The number of fused-ring (bicyclic) bond motifs is 1. The van der Waals surface area contributed by atoms with Gasteiger partial charge in [0.2, 0.25) is 5.88 Å². The molecule has 0 radical (unpaired) electrons. The van der Waals surface area contributed by atoms with E-state index < -0.39 is 0 Å². The minimum Gasteiger partial charge on any atom is -0.476 e. The van der Waals surface area contributed by atoms with Crippen molar-refractivity contribution in [3.63, 3.8) is 0 Å². The Labute approximate surface area is 209 Å². The van der Waals surface area contributed by atoms with Crippen LogP contribution in [0.2, 0.25) is 0 Å². The van der Waals surface area contributed by atoms with Crippen LogP contribution in [0.15, 0.2) is 46.8 Å². The van der Waals surface area contributed by atoms with Crippen LogP contribution < -0.4 is 25.6 Å². The molecule has 5 rings (SSSR count). The van der Waals surface area contributed by atoms with Gasteiger partial charge in [0.05, 0.1) is 13.2 Å². The van der Waals surface area contributed by atoms with Crippen molar-refractivity contribution in [3.8, 4) is 5.88 Å². The summed E-state index contributed by atoms with van der Waals surface area (Å²) in [6.45, 7) is 5.28. The van der Waals surface area contributed by atoms with E-state index in [0.717, 1.165) is 29.3 Å². The molecule has 2 atom stereocenters. The van der Waals surface area contributed by atoms with Gasteiger partial charge in [-0.3, -0.25) is 4.79 Å². The van der Waals surface area contributed by atoms with Gasteiger partial charge < -0.3 is 9.64 Å². The van der Waals surface area contributed by atoms with Crippen LogP contribution in [-0.2, 0) is 13.6 Å². The van der Waals surface area contributed by atoms with Crippen LogP contribution in [0.4, 0.5) is 5.69 Å². The van der Waals surface area contributed by atoms with Crippen LogP contribution in [0.25, 0.3) is 11.6 Å². The first-order valence-corrected chi connectivity index (χ1v) is 12.9. The molecule has 1 fully saturated rings. The summed E-state index contributed by atoms with van der Waals surface area (Å²) in [5, 5.41) is 17.0. The Morgan fingerprint density at radius 1 is 1.17 bits per heavy atom. The Hall–Kier alpha value is -3.26. The monoisotopic (exact) mass is 489 g/mol. The highest BCUT2D eigenvalue weighted by Gasteiger charge is 2.40. The zero-order chi connectivity index (χ0) is 24.5. The molecule has 0 bridgehead atoms. The first-order valence-electron chi connectivity index (χ1n) is 12.1. The molecule has 35 heavy (non-hydrogen) atoms. The first-order chi connectivity index (χ1) is 16.9. The van der Waals surface area contributed by atoms with Crippen molar-refractivity contribution < 1.29 is 4.74 Å². The number of anilines is 1. The van der Waals surface area contributed by atoms with Gasteiger partial charge in [-0.05, 0) is 49.5 Å². The second-order valence-electron chi connectivity index (χ2n) is 9.56. The number of nitrogens with zero attached hydrogens (tertiary/aromatic N) is 5. The average Bonchev–Trinajstić information content (AvgIpc) is 3.49. The van der Waals surface area contributed by atoms with Gasteiger partial charge >= 0.3 is 0 Å². The number of allylic oxidation sites excluding steroid dienone is 2. The molecule has 182 valence electrons. The summed E-state index contributed by atoms with van der Waals surface area (Å²) in [4.78, 5) is 14.6. The number of hydrogen-bond acceptors (Lipinski definition) is 7. The number of aromatic nitrogens is 4. The highest BCUT2D eigenvalue weighted by molar-refractivity contribution is 7.11. The molecule has 0 amide bonds. The zero-order valence-electron chi connectivity index (χ0n) is 20.7. The maximum absolute atomic E-state index is 12.7. The van der Waals surface area contributed by atoms with Crippen molar-refractivity contribution in [2.75, 3.05) is 18.6 Å². The minimum atomic E-state index is -0.160. The van der Waals surface area contributed by atoms with Crippen molar-refractivity contribution in [2.45, 2.75) is 39.7 Å². The van der Waals surface area contributed by atoms with Crippen LogP contribution in [0.3, 0.4) is 0 Å². The fourth-order valence-corrected chi connectivity index (χ4v) is 5.53. The Bertz CT molecular complexity index is 1450. The maximum atomic E-state index is 12.7. The molecular weight excluding hydrogens is 458 g/mol. The summed E-state index contributed by atoms with van der Waals surface area (Å²) in [5.74, 6) is 1.51. The number of benzene rings is 1. The Morgan fingerprint density at radius 3 is 2.80 bits per heavy atom.